The van der Waals surface area contributed by atoms with Gasteiger partial charge in [0.25, 0.3) is 0 Å². The Morgan fingerprint density at radius 1 is 1.23 bits per heavy atom. The van der Waals surface area contributed by atoms with E-state index in [1.165, 1.54) is 24.7 Å². The Hall–Kier alpha value is -2.72. The Kier molecular flexibility index (Phi) is 7.80. The average Bonchev–Trinajstić information content (AvgIpc) is 3.11. The zero-order valence-corrected chi connectivity index (χ0v) is 19.5. The number of fused-ring (bicyclic) bond motifs is 1. The summed E-state index contributed by atoms with van der Waals surface area (Å²) in [5.41, 5.74) is 4.07. The van der Waals surface area contributed by atoms with Crippen LogP contribution in [0.3, 0.4) is 0 Å². The van der Waals surface area contributed by atoms with E-state index in [0.717, 1.165) is 40.6 Å². The minimum Gasteiger partial charge on any atom is -0.496 e. The Labute approximate surface area is 192 Å². The number of aryl methyl sites for hydroxylation is 1. The first kappa shape index (κ1) is 23.0. The molecule has 10 heteroatoms. The third kappa shape index (κ3) is 5.50. The molecule has 0 spiro atoms. The number of carbonyl (C=O) groups excluding carboxylic acids is 3. The highest BCUT2D eigenvalue weighted by Crippen LogP contribution is 2.38. The molecule has 2 amide bonds. The molecule has 1 aromatic heterocycles. The molecule has 3 rings (SSSR count). The molecule has 8 nitrogen and oxygen atoms in total. The number of hydrogen-bond donors (Lipinski definition) is 2. The van der Waals surface area contributed by atoms with E-state index in [9.17, 15) is 14.4 Å². The number of nitrogens with zero attached hydrogens (tertiary/aromatic N) is 1. The number of esters is 1. The summed E-state index contributed by atoms with van der Waals surface area (Å²) in [7, 11) is 1.52. The lowest BCUT2D eigenvalue weighted by Crippen LogP contribution is -2.32. The molecule has 1 aliphatic rings. The van der Waals surface area contributed by atoms with Crippen molar-refractivity contribution in [1.82, 2.24) is 5.43 Å². The van der Waals surface area contributed by atoms with Crippen LogP contribution in [-0.2, 0) is 27.2 Å². The van der Waals surface area contributed by atoms with Crippen LogP contribution in [0.1, 0.15) is 46.1 Å². The zero-order chi connectivity index (χ0) is 22.4. The van der Waals surface area contributed by atoms with Crippen LogP contribution in [0.2, 0.25) is 0 Å². The third-order valence-corrected chi connectivity index (χ3v) is 6.35. The molecule has 0 atom stereocenters. The zero-order valence-electron chi connectivity index (χ0n) is 17.1. The van der Waals surface area contributed by atoms with Gasteiger partial charge in [-0.2, -0.15) is 5.10 Å². The molecule has 1 heterocycles. The lowest BCUT2D eigenvalue weighted by atomic mass is 9.95. The van der Waals surface area contributed by atoms with Crippen molar-refractivity contribution in [2.45, 2.75) is 32.6 Å². The molecule has 164 valence electrons. The van der Waals surface area contributed by atoms with Crippen LogP contribution < -0.4 is 15.5 Å². The fourth-order valence-corrected chi connectivity index (χ4v) is 4.90. The summed E-state index contributed by atoms with van der Waals surface area (Å²) in [6.45, 7) is 1.95. The van der Waals surface area contributed by atoms with Crippen LogP contribution in [0.15, 0.2) is 27.8 Å². The predicted molar refractivity (Wildman–Crippen MR) is 122 cm³/mol. The first-order chi connectivity index (χ1) is 14.9. The van der Waals surface area contributed by atoms with Crippen LogP contribution in [-0.4, -0.2) is 37.7 Å². The number of rotatable bonds is 6. The first-order valence-electron chi connectivity index (χ1n) is 9.74. The summed E-state index contributed by atoms with van der Waals surface area (Å²) >= 11 is 4.67. The first-order valence-corrected chi connectivity index (χ1v) is 11.3. The molecule has 1 aliphatic carbocycles. The van der Waals surface area contributed by atoms with Gasteiger partial charge in [-0.1, -0.05) is 15.9 Å². The highest BCUT2D eigenvalue weighted by molar-refractivity contribution is 9.10. The second-order valence-electron chi connectivity index (χ2n) is 6.68. The van der Waals surface area contributed by atoms with E-state index in [1.807, 2.05) is 6.07 Å². The van der Waals surface area contributed by atoms with Crippen LogP contribution >= 0.6 is 27.3 Å². The average molecular weight is 508 g/mol. The number of nitrogens with one attached hydrogen (secondary N) is 2. The smallest absolute Gasteiger partial charge is 0.341 e. The van der Waals surface area contributed by atoms with Gasteiger partial charge in [-0.3, -0.25) is 9.59 Å². The largest absolute Gasteiger partial charge is 0.496 e. The minimum atomic E-state index is -0.952. The van der Waals surface area contributed by atoms with E-state index in [-0.39, 0.29) is 6.61 Å². The van der Waals surface area contributed by atoms with Gasteiger partial charge >= 0.3 is 17.8 Å². The molecule has 0 aliphatic heterocycles. The number of methoxy groups -OCH3 is 1. The van der Waals surface area contributed by atoms with Crippen molar-refractivity contribution in [3.8, 4) is 5.75 Å². The van der Waals surface area contributed by atoms with E-state index in [1.54, 1.807) is 19.1 Å². The summed E-state index contributed by atoms with van der Waals surface area (Å²) < 4.78 is 11.2. The number of benzene rings is 1. The lowest BCUT2D eigenvalue weighted by molar-refractivity contribution is -0.136. The monoisotopic (exact) mass is 507 g/mol. The van der Waals surface area contributed by atoms with Crippen molar-refractivity contribution in [1.29, 1.82) is 0 Å². The van der Waals surface area contributed by atoms with E-state index in [4.69, 9.17) is 9.47 Å². The maximum Gasteiger partial charge on any atom is 0.341 e. The van der Waals surface area contributed by atoms with Gasteiger partial charge in [0, 0.05) is 14.9 Å². The van der Waals surface area contributed by atoms with Gasteiger partial charge in [0.2, 0.25) is 0 Å². The van der Waals surface area contributed by atoms with E-state index in [0.29, 0.717) is 21.9 Å². The van der Waals surface area contributed by atoms with Crippen molar-refractivity contribution in [3.63, 3.8) is 0 Å². The Morgan fingerprint density at radius 3 is 2.74 bits per heavy atom. The second kappa shape index (κ2) is 10.5. The van der Waals surface area contributed by atoms with Gasteiger partial charge in [0.05, 0.1) is 25.5 Å². The summed E-state index contributed by atoms with van der Waals surface area (Å²) in [5.74, 6) is -1.79. The number of amides is 2. The molecular formula is C21H22BrN3O5S. The number of carbonyl (C=O) groups is 3. The van der Waals surface area contributed by atoms with Crippen molar-refractivity contribution >= 4 is 56.3 Å². The van der Waals surface area contributed by atoms with Crippen LogP contribution in [0.5, 0.6) is 5.75 Å². The van der Waals surface area contributed by atoms with Gasteiger partial charge in [-0.05, 0) is 56.4 Å². The molecule has 0 saturated heterocycles. The van der Waals surface area contributed by atoms with Gasteiger partial charge in [-0.15, -0.1) is 11.3 Å². The minimum absolute atomic E-state index is 0.227. The molecule has 0 fully saturated rings. The quantitative estimate of drug-likeness (QED) is 0.268. The maximum atomic E-state index is 12.5. The van der Waals surface area contributed by atoms with Gasteiger partial charge in [0.15, 0.2) is 0 Å². The van der Waals surface area contributed by atoms with Crippen LogP contribution in [0, 0.1) is 0 Å². The van der Waals surface area contributed by atoms with E-state index in [2.05, 4.69) is 31.8 Å². The van der Waals surface area contributed by atoms with Crippen molar-refractivity contribution in [2.24, 2.45) is 5.10 Å². The Morgan fingerprint density at radius 2 is 2.00 bits per heavy atom. The highest BCUT2D eigenvalue weighted by atomic mass is 79.9. The van der Waals surface area contributed by atoms with Crippen molar-refractivity contribution in [2.75, 3.05) is 19.0 Å². The Bertz CT molecular complexity index is 1030. The van der Waals surface area contributed by atoms with Crippen molar-refractivity contribution < 1.29 is 23.9 Å². The van der Waals surface area contributed by atoms with Crippen molar-refractivity contribution in [3.05, 3.63) is 44.2 Å². The van der Waals surface area contributed by atoms with Gasteiger partial charge < -0.3 is 14.8 Å². The summed E-state index contributed by atoms with van der Waals surface area (Å²) in [4.78, 5) is 38.1. The molecule has 0 radical (unpaired) electrons. The predicted octanol–water partition coefficient (Wildman–Crippen LogP) is 3.66. The molecule has 0 saturated carbocycles. The number of halogens is 1. The topological polar surface area (TPSA) is 106 Å². The summed E-state index contributed by atoms with van der Waals surface area (Å²) in [6.07, 6.45) is 4.96. The Balaban J connectivity index is 1.71. The summed E-state index contributed by atoms with van der Waals surface area (Å²) in [5, 5.41) is 6.72. The summed E-state index contributed by atoms with van der Waals surface area (Å²) in [6, 6.07) is 5.32. The van der Waals surface area contributed by atoms with Crippen LogP contribution in [0.4, 0.5) is 5.00 Å². The fourth-order valence-electron chi connectivity index (χ4n) is 3.25. The molecule has 2 aromatic rings. The van der Waals surface area contributed by atoms with E-state index < -0.39 is 17.8 Å². The molecule has 31 heavy (non-hydrogen) atoms. The number of hydrazone groups is 1. The van der Waals surface area contributed by atoms with E-state index >= 15 is 0 Å². The van der Waals surface area contributed by atoms with Gasteiger partial charge in [0.1, 0.15) is 10.8 Å². The molecule has 0 unspecified atom stereocenters. The lowest BCUT2D eigenvalue weighted by Gasteiger charge is -2.12. The normalized spacial score (nSPS) is 12.9. The number of hydrogen-bond acceptors (Lipinski definition) is 7. The molecule has 2 N–H and O–H groups in total. The molecule has 1 aromatic carbocycles. The number of ether oxygens (including phenoxy) is 2. The number of anilines is 1. The standard InChI is InChI=1S/C21H22BrN3O5S/c1-3-30-21(28)17-14-6-4-5-7-16(14)31-20(17)24-18(26)19(27)25-23-11-12-10-13(22)8-9-15(12)29-2/h8-11H,3-7H2,1-2H3,(H,24,26)(H,25,27). The fraction of sp³-hybridized carbons (Fsp3) is 0.333. The maximum absolute atomic E-state index is 12.5. The SMILES string of the molecule is CCOC(=O)c1c(NC(=O)C(=O)NN=Cc2cc(Br)ccc2OC)sc2c1CCCC2. The third-order valence-electron chi connectivity index (χ3n) is 4.65. The van der Waals surface area contributed by atoms with Crippen LogP contribution in [0.25, 0.3) is 0 Å². The highest BCUT2D eigenvalue weighted by Gasteiger charge is 2.28. The second-order valence-corrected chi connectivity index (χ2v) is 8.70. The molecular weight excluding hydrogens is 486 g/mol. The number of thiophene rings is 1. The van der Waals surface area contributed by atoms with Gasteiger partial charge in [-0.25, -0.2) is 10.2 Å². The molecule has 0 bridgehead atoms.